The number of para-hydroxylation sites is 1. The van der Waals surface area contributed by atoms with Crippen LogP contribution in [0.25, 0.3) is 0 Å². The number of hydrogen-bond acceptors (Lipinski definition) is 7. The lowest BCUT2D eigenvalue weighted by Gasteiger charge is -2.38. The van der Waals surface area contributed by atoms with E-state index in [2.05, 4.69) is 44.5 Å². The van der Waals surface area contributed by atoms with Crippen molar-refractivity contribution in [2.24, 2.45) is 0 Å². The molecule has 40 heavy (non-hydrogen) atoms. The first-order valence-corrected chi connectivity index (χ1v) is 13.9. The molecular formula is C29H33ClN6O4. The van der Waals surface area contributed by atoms with Crippen LogP contribution in [0, 0.1) is 6.92 Å². The molecule has 2 aliphatic rings. The predicted molar refractivity (Wildman–Crippen MR) is 154 cm³/mol. The fourth-order valence-corrected chi connectivity index (χ4v) is 5.35. The maximum atomic E-state index is 13.0. The number of amides is 3. The Morgan fingerprint density at radius 3 is 2.42 bits per heavy atom. The van der Waals surface area contributed by atoms with Gasteiger partial charge in [0.15, 0.2) is 5.69 Å². The number of aromatic nitrogens is 1. The molecule has 1 aromatic heterocycles. The lowest BCUT2D eigenvalue weighted by molar-refractivity contribution is -0.127. The smallest absolute Gasteiger partial charge is 0.292 e. The van der Waals surface area contributed by atoms with E-state index < -0.39 is 5.91 Å². The van der Waals surface area contributed by atoms with E-state index in [1.165, 1.54) is 17.5 Å². The summed E-state index contributed by atoms with van der Waals surface area (Å²) in [5, 5.41) is 5.70. The van der Waals surface area contributed by atoms with Gasteiger partial charge in [-0.05, 0) is 61.2 Å². The molecule has 2 N–H and O–H groups in total. The standard InChI is InChI=1S/C29H33ClN6O4/c1-20-6-2-3-7-24(20)34-14-16-35(17-15-34)25-10-9-21(18-22(25)32-28(39)23-19-40-29(30)33-23)27(38)31-11-5-13-36-12-4-8-26(36)37/h2-3,6-7,9-10,18-19H,4-5,8,11-17H2,1H3,(H,31,38)(H,32,39). The number of oxazole rings is 1. The van der Waals surface area contributed by atoms with E-state index in [1.807, 2.05) is 23.1 Å². The van der Waals surface area contributed by atoms with Crippen molar-refractivity contribution in [1.82, 2.24) is 15.2 Å². The van der Waals surface area contributed by atoms with Crippen molar-refractivity contribution in [3.8, 4) is 0 Å². The Kier molecular flexibility index (Phi) is 8.54. The van der Waals surface area contributed by atoms with Gasteiger partial charge in [0.1, 0.15) is 6.26 Å². The van der Waals surface area contributed by atoms with Gasteiger partial charge in [-0.15, -0.1) is 0 Å². The number of nitrogens with one attached hydrogen (secondary N) is 2. The van der Waals surface area contributed by atoms with Gasteiger partial charge in [0.2, 0.25) is 5.91 Å². The van der Waals surface area contributed by atoms with E-state index in [9.17, 15) is 14.4 Å². The number of hydrogen-bond donors (Lipinski definition) is 2. The minimum atomic E-state index is -0.483. The van der Waals surface area contributed by atoms with E-state index in [0.717, 1.165) is 44.8 Å². The molecule has 2 saturated heterocycles. The van der Waals surface area contributed by atoms with Crippen molar-refractivity contribution in [2.45, 2.75) is 26.2 Å². The maximum absolute atomic E-state index is 13.0. The number of halogens is 1. The van der Waals surface area contributed by atoms with Crippen LogP contribution in [0.2, 0.25) is 5.35 Å². The van der Waals surface area contributed by atoms with E-state index in [-0.39, 0.29) is 22.9 Å². The quantitative estimate of drug-likeness (QED) is 0.378. The van der Waals surface area contributed by atoms with Crippen LogP contribution in [-0.2, 0) is 4.79 Å². The highest BCUT2D eigenvalue weighted by Crippen LogP contribution is 2.30. The lowest BCUT2D eigenvalue weighted by atomic mass is 10.1. The molecule has 0 spiro atoms. The summed E-state index contributed by atoms with van der Waals surface area (Å²) in [6, 6.07) is 13.7. The molecule has 10 nitrogen and oxygen atoms in total. The highest BCUT2D eigenvalue weighted by Gasteiger charge is 2.23. The van der Waals surface area contributed by atoms with Gasteiger partial charge in [-0.3, -0.25) is 14.4 Å². The number of anilines is 3. The zero-order valence-electron chi connectivity index (χ0n) is 22.5. The third-order valence-electron chi connectivity index (χ3n) is 7.35. The first kappa shape index (κ1) is 27.5. The second-order valence-corrected chi connectivity index (χ2v) is 10.3. The molecule has 3 heterocycles. The van der Waals surface area contributed by atoms with Crippen LogP contribution in [0.4, 0.5) is 17.1 Å². The van der Waals surface area contributed by atoms with Crippen LogP contribution in [0.3, 0.4) is 0 Å². The summed E-state index contributed by atoms with van der Waals surface area (Å²) in [6.45, 7) is 7.10. The van der Waals surface area contributed by atoms with Gasteiger partial charge in [0.25, 0.3) is 17.2 Å². The van der Waals surface area contributed by atoms with Crippen LogP contribution in [0.5, 0.6) is 0 Å². The molecule has 0 saturated carbocycles. The monoisotopic (exact) mass is 564 g/mol. The van der Waals surface area contributed by atoms with Crippen LogP contribution in [0.1, 0.15) is 45.7 Å². The van der Waals surface area contributed by atoms with Gasteiger partial charge in [-0.1, -0.05) is 18.2 Å². The molecule has 0 aliphatic carbocycles. The number of carbonyl (C=O) groups excluding carboxylic acids is 3. The number of piperazine rings is 1. The van der Waals surface area contributed by atoms with Crippen molar-refractivity contribution in [3.05, 3.63) is 70.9 Å². The maximum Gasteiger partial charge on any atom is 0.292 e. The molecule has 2 aromatic carbocycles. The second kappa shape index (κ2) is 12.4. The number of rotatable bonds is 9. The summed E-state index contributed by atoms with van der Waals surface area (Å²) < 4.78 is 4.98. The van der Waals surface area contributed by atoms with Crippen LogP contribution >= 0.6 is 11.6 Å². The largest absolute Gasteiger partial charge is 0.435 e. The molecule has 0 atom stereocenters. The SMILES string of the molecule is Cc1ccccc1N1CCN(c2ccc(C(=O)NCCCN3CCCC3=O)cc2NC(=O)c2coc(Cl)n2)CC1. The molecule has 210 valence electrons. The highest BCUT2D eigenvalue weighted by atomic mass is 35.5. The highest BCUT2D eigenvalue weighted by molar-refractivity contribution is 6.28. The number of aryl methyl sites for hydroxylation is 1. The van der Waals surface area contributed by atoms with Crippen LogP contribution in [-0.4, -0.2) is 73.4 Å². The Morgan fingerprint density at radius 2 is 1.75 bits per heavy atom. The van der Waals surface area contributed by atoms with Crippen LogP contribution < -0.4 is 20.4 Å². The minimum Gasteiger partial charge on any atom is -0.435 e. The van der Waals surface area contributed by atoms with Gasteiger partial charge in [-0.25, -0.2) is 0 Å². The van der Waals surface area contributed by atoms with Crippen molar-refractivity contribution in [1.29, 1.82) is 0 Å². The fourth-order valence-electron chi connectivity index (χ4n) is 5.22. The summed E-state index contributed by atoms with van der Waals surface area (Å²) in [4.78, 5) is 48.0. The fraction of sp³-hybridized carbons (Fsp3) is 0.379. The van der Waals surface area contributed by atoms with Crippen molar-refractivity contribution in [2.75, 3.05) is 60.9 Å². The van der Waals surface area contributed by atoms with Gasteiger partial charge in [0, 0.05) is 63.5 Å². The van der Waals surface area contributed by atoms with Crippen molar-refractivity contribution < 1.29 is 18.8 Å². The summed E-state index contributed by atoms with van der Waals surface area (Å²) in [7, 11) is 0. The molecule has 0 radical (unpaired) electrons. The Bertz CT molecular complexity index is 1380. The molecule has 0 unspecified atom stereocenters. The Balaban J connectivity index is 1.28. The Labute approximate surface area is 238 Å². The number of benzene rings is 2. The average Bonchev–Trinajstić information content (AvgIpc) is 3.59. The van der Waals surface area contributed by atoms with E-state index in [4.69, 9.17) is 16.0 Å². The van der Waals surface area contributed by atoms with Crippen molar-refractivity contribution in [3.63, 3.8) is 0 Å². The molecule has 2 fully saturated rings. The average molecular weight is 565 g/mol. The Hall–Kier alpha value is -4.05. The molecule has 3 amide bonds. The van der Waals surface area contributed by atoms with Gasteiger partial charge in [-0.2, -0.15) is 4.98 Å². The van der Waals surface area contributed by atoms with Crippen molar-refractivity contribution >= 4 is 46.4 Å². The minimum absolute atomic E-state index is 0.0478. The van der Waals surface area contributed by atoms with Gasteiger partial charge < -0.3 is 29.8 Å². The topological polar surface area (TPSA) is 111 Å². The summed E-state index contributed by atoms with van der Waals surface area (Å²) in [6.07, 6.45) is 3.37. The third-order valence-corrected chi connectivity index (χ3v) is 7.53. The predicted octanol–water partition coefficient (Wildman–Crippen LogP) is 3.96. The zero-order valence-corrected chi connectivity index (χ0v) is 23.2. The van der Waals surface area contributed by atoms with Crippen LogP contribution in [0.15, 0.2) is 53.1 Å². The first-order chi connectivity index (χ1) is 19.4. The summed E-state index contributed by atoms with van der Waals surface area (Å²) in [5.41, 5.74) is 4.25. The van der Waals surface area contributed by atoms with E-state index in [1.54, 1.807) is 12.1 Å². The molecule has 5 rings (SSSR count). The van der Waals surface area contributed by atoms with Gasteiger partial charge >= 0.3 is 0 Å². The second-order valence-electron chi connectivity index (χ2n) is 10.0. The summed E-state index contributed by atoms with van der Waals surface area (Å²) >= 11 is 5.77. The third kappa shape index (κ3) is 6.39. The zero-order chi connectivity index (χ0) is 28.1. The molecule has 3 aromatic rings. The van der Waals surface area contributed by atoms with Gasteiger partial charge in [0.05, 0.1) is 11.4 Å². The molecular weight excluding hydrogens is 532 g/mol. The molecule has 11 heteroatoms. The van der Waals surface area contributed by atoms with E-state index >= 15 is 0 Å². The normalized spacial score (nSPS) is 15.4. The summed E-state index contributed by atoms with van der Waals surface area (Å²) in [5.74, 6) is -0.553. The van der Waals surface area contributed by atoms with E-state index in [0.29, 0.717) is 37.2 Å². The number of carbonyl (C=O) groups is 3. The first-order valence-electron chi connectivity index (χ1n) is 13.6. The molecule has 0 bridgehead atoms. The lowest BCUT2D eigenvalue weighted by Crippen LogP contribution is -2.47. The number of likely N-dealkylation sites (tertiary alicyclic amines) is 1. The number of nitrogens with zero attached hydrogens (tertiary/aromatic N) is 4. The molecule has 2 aliphatic heterocycles. The Morgan fingerprint density at radius 1 is 1.00 bits per heavy atom.